The number of carbonyl (C=O) groups is 1. The molecule has 1 amide bonds. The number of primary amides is 1. The molecule has 1 atom stereocenters. The molecule has 0 aliphatic carbocycles. The van der Waals surface area contributed by atoms with E-state index in [1.807, 2.05) is 0 Å². The van der Waals surface area contributed by atoms with Crippen molar-refractivity contribution in [1.82, 2.24) is 4.90 Å². The minimum absolute atomic E-state index is 0.149. The lowest BCUT2D eigenvalue weighted by molar-refractivity contribution is -0.123. The highest BCUT2D eigenvalue weighted by molar-refractivity contribution is 6.58. The van der Waals surface area contributed by atoms with Gasteiger partial charge in [-0.25, -0.2) is 0 Å². The molecule has 1 aliphatic rings. The van der Waals surface area contributed by atoms with E-state index < -0.39 is 25.2 Å². The van der Waals surface area contributed by atoms with Crippen molar-refractivity contribution >= 4 is 12.9 Å². The smallest absolute Gasteiger partial charge is 0.448 e. The van der Waals surface area contributed by atoms with Crippen molar-refractivity contribution in [2.24, 2.45) is 11.7 Å². The molecule has 0 radical (unpaired) electrons. The zero-order valence-electron chi connectivity index (χ0n) is 7.76. The van der Waals surface area contributed by atoms with Crippen LogP contribution in [0.1, 0.15) is 12.8 Å². The van der Waals surface area contributed by atoms with E-state index in [0.29, 0.717) is 19.4 Å². The van der Waals surface area contributed by atoms with Crippen LogP contribution in [0, 0.1) is 5.92 Å². The summed E-state index contributed by atoms with van der Waals surface area (Å²) in [7, 11) is 0. The van der Waals surface area contributed by atoms with Gasteiger partial charge in [-0.1, -0.05) is 0 Å². The maximum atomic E-state index is 12.1. The average molecular weight is 209 g/mol. The van der Waals surface area contributed by atoms with Gasteiger partial charge in [0, 0.05) is 6.54 Å². The first-order valence-corrected chi connectivity index (χ1v) is 4.61. The fraction of sp³-hybridized carbons (Fsp3) is 0.857. The van der Waals surface area contributed by atoms with Crippen LogP contribution >= 0.6 is 0 Å². The number of hydrogen-bond donors (Lipinski definition) is 1. The molecule has 2 N–H and O–H groups in total. The monoisotopic (exact) mass is 209 g/mol. The number of carbonyl (C=O) groups excluding carboxylic acids is 1. The SMILES string of the molecule is NC(=O)C1CCCN(C[B-](F)(F)F)C1. The second-order valence-electron chi connectivity index (χ2n) is 3.71. The molecule has 0 aromatic carbocycles. The van der Waals surface area contributed by atoms with E-state index >= 15 is 0 Å². The molecule has 3 nitrogen and oxygen atoms in total. The fourth-order valence-corrected chi connectivity index (χ4v) is 1.75. The molecule has 7 heteroatoms. The van der Waals surface area contributed by atoms with Gasteiger partial charge in [-0.2, -0.15) is 0 Å². The molecule has 1 aliphatic heterocycles. The standard InChI is InChI=1S/C7H13BF3N2O/c9-8(10,11)5-13-3-1-2-6(4-13)7(12)14/h6H,1-5H2,(H2,12,14)/q-1. The molecule has 1 heterocycles. The second-order valence-corrected chi connectivity index (χ2v) is 3.71. The number of nitrogens with two attached hydrogens (primary N) is 1. The number of likely N-dealkylation sites (tertiary alicyclic amines) is 1. The van der Waals surface area contributed by atoms with Crippen LogP contribution in [-0.2, 0) is 4.79 Å². The third-order valence-electron chi connectivity index (χ3n) is 2.37. The van der Waals surface area contributed by atoms with Gasteiger partial charge in [0.2, 0.25) is 5.91 Å². The largest absolute Gasteiger partial charge is 0.492 e. The van der Waals surface area contributed by atoms with E-state index in [2.05, 4.69) is 0 Å². The first kappa shape index (κ1) is 11.4. The van der Waals surface area contributed by atoms with Crippen LogP contribution in [-0.4, -0.2) is 37.3 Å². The van der Waals surface area contributed by atoms with E-state index in [4.69, 9.17) is 5.73 Å². The Kier molecular flexibility index (Phi) is 3.41. The minimum atomic E-state index is -4.80. The Labute approximate surface area is 80.5 Å². The first-order valence-electron chi connectivity index (χ1n) is 4.61. The average Bonchev–Trinajstić information content (AvgIpc) is 2.01. The maximum absolute atomic E-state index is 12.1. The highest BCUT2D eigenvalue weighted by Crippen LogP contribution is 2.19. The predicted molar refractivity (Wildman–Crippen MR) is 47.4 cm³/mol. The lowest BCUT2D eigenvalue weighted by Crippen LogP contribution is -2.46. The summed E-state index contributed by atoms with van der Waals surface area (Å²) in [5.74, 6) is -0.911. The molecule has 1 unspecified atom stereocenters. The molecular formula is C7H13BF3N2O-. The number of halogens is 3. The number of amides is 1. The summed E-state index contributed by atoms with van der Waals surface area (Å²) in [4.78, 5) is 12.0. The molecular weight excluding hydrogens is 196 g/mol. The summed E-state index contributed by atoms with van der Waals surface area (Å²) in [6, 6.07) is 0. The van der Waals surface area contributed by atoms with Crippen LogP contribution in [0.4, 0.5) is 12.9 Å². The Balaban J connectivity index is 2.44. The molecule has 1 rings (SSSR count). The van der Waals surface area contributed by atoms with E-state index in [0.717, 1.165) is 0 Å². The van der Waals surface area contributed by atoms with E-state index in [1.54, 1.807) is 0 Å². The summed E-state index contributed by atoms with van der Waals surface area (Å²) >= 11 is 0. The van der Waals surface area contributed by atoms with Gasteiger partial charge >= 0.3 is 6.98 Å². The maximum Gasteiger partial charge on any atom is 0.492 e. The third kappa shape index (κ3) is 3.57. The Morgan fingerprint density at radius 2 is 2.14 bits per heavy atom. The van der Waals surface area contributed by atoms with Crippen LogP contribution in [0.15, 0.2) is 0 Å². The zero-order chi connectivity index (χ0) is 10.8. The zero-order valence-corrected chi connectivity index (χ0v) is 7.76. The van der Waals surface area contributed by atoms with Crippen LogP contribution in [0.5, 0.6) is 0 Å². The Morgan fingerprint density at radius 3 is 2.64 bits per heavy atom. The van der Waals surface area contributed by atoms with Gasteiger partial charge in [-0.3, -0.25) is 4.79 Å². The molecule has 0 aromatic rings. The van der Waals surface area contributed by atoms with Crippen LogP contribution in [0.2, 0.25) is 0 Å². The highest BCUT2D eigenvalue weighted by atomic mass is 19.4. The first-order chi connectivity index (χ1) is 6.38. The van der Waals surface area contributed by atoms with Gasteiger partial charge in [0.1, 0.15) is 0 Å². The van der Waals surface area contributed by atoms with Gasteiger partial charge < -0.3 is 23.6 Å². The van der Waals surface area contributed by atoms with E-state index in [9.17, 15) is 17.7 Å². The number of nitrogens with zero attached hydrogens (tertiary/aromatic N) is 1. The van der Waals surface area contributed by atoms with Crippen molar-refractivity contribution in [2.45, 2.75) is 12.8 Å². The second kappa shape index (κ2) is 4.21. The Morgan fingerprint density at radius 1 is 1.50 bits per heavy atom. The Bertz CT molecular complexity index is 221. The van der Waals surface area contributed by atoms with Crippen LogP contribution in [0.3, 0.4) is 0 Å². The highest BCUT2D eigenvalue weighted by Gasteiger charge is 2.30. The van der Waals surface area contributed by atoms with E-state index in [-0.39, 0.29) is 6.54 Å². The van der Waals surface area contributed by atoms with Crippen molar-refractivity contribution < 1.29 is 17.7 Å². The predicted octanol–water partition coefficient (Wildman–Crippen LogP) is 0.570. The molecule has 0 bridgehead atoms. The quantitative estimate of drug-likeness (QED) is 0.690. The third-order valence-corrected chi connectivity index (χ3v) is 2.37. The van der Waals surface area contributed by atoms with Gasteiger partial charge in [0.25, 0.3) is 0 Å². The van der Waals surface area contributed by atoms with Gasteiger partial charge in [-0.05, 0) is 25.8 Å². The van der Waals surface area contributed by atoms with Crippen molar-refractivity contribution in [2.75, 3.05) is 19.5 Å². The van der Waals surface area contributed by atoms with Gasteiger partial charge in [-0.15, -0.1) is 0 Å². The number of rotatable bonds is 3. The van der Waals surface area contributed by atoms with Crippen LogP contribution in [0.25, 0.3) is 0 Å². The van der Waals surface area contributed by atoms with Gasteiger partial charge in [0.05, 0.1) is 5.92 Å². The lowest BCUT2D eigenvalue weighted by Gasteiger charge is -2.34. The normalized spacial score (nSPS) is 24.9. The van der Waals surface area contributed by atoms with Crippen molar-refractivity contribution in [3.8, 4) is 0 Å². The number of piperidine rings is 1. The van der Waals surface area contributed by atoms with Crippen molar-refractivity contribution in [1.29, 1.82) is 0 Å². The van der Waals surface area contributed by atoms with Gasteiger partial charge in [0.15, 0.2) is 0 Å². The lowest BCUT2D eigenvalue weighted by atomic mass is 9.88. The topological polar surface area (TPSA) is 46.3 Å². The van der Waals surface area contributed by atoms with E-state index in [1.165, 1.54) is 4.90 Å². The number of hydrogen-bond acceptors (Lipinski definition) is 2. The molecule has 0 saturated carbocycles. The molecule has 0 spiro atoms. The molecule has 14 heavy (non-hydrogen) atoms. The summed E-state index contributed by atoms with van der Waals surface area (Å²) in [5, 5.41) is 0. The minimum Gasteiger partial charge on any atom is -0.448 e. The summed E-state index contributed by atoms with van der Waals surface area (Å²) in [6.45, 7) is -4.24. The molecule has 1 saturated heterocycles. The Hall–Kier alpha value is -0.715. The molecule has 0 aromatic heterocycles. The van der Waals surface area contributed by atoms with Crippen molar-refractivity contribution in [3.05, 3.63) is 0 Å². The summed E-state index contributed by atoms with van der Waals surface area (Å²) in [6.07, 6.45) is 0.334. The van der Waals surface area contributed by atoms with Crippen LogP contribution < -0.4 is 5.73 Å². The van der Waals surface area contributed by atoms with Crippen molar-refractivity contribution in [3.63, 3.8) is 0 Å². The molecule has 82 valence electrons. The fourth-order valence-electron chi connectivity index (χ4n) is 1.75. The summed E-state index contributed by atoms with van der Waals surface area (Å²) < 4.78 is 36.2. The summed E-state index contributed by atoms with van der Waals surface area (Å²) in [5.41, 5.74) is 5.05. The molecule has 1 fully saturated rings.